The van der Waals surface area contributed by atoms with Gasteiger partial charge in [0.1, 0.15) is 0 Å². The first-order chi connectivity index (χ1) is 13.8. The monoisotopic (exact) mass is 397 g/mol. The van der Waals surface area contributed by atoms with Crippen molar-refractivity contribution in [2.75, 3.05) is 6.54 Å². The first-order valence-electron chi connectivity index (χ1n) is 12.6. The number of hydrogen-bond acceptors (Lipinski definition) is 2. The van der Waals surface area contributed by atoms with Gasteiger partial charge in [-0.1, -0.05) is 51.0 Å². The molecule has 29 heavy (non-hydrogen) atoms. The third-order valence-corrected chi connectivity index (χ3v) is 10.6. The molecule has 3 fully saturated rings. The second-order valence-corrected chi connectivity index (χ2v) is 12.0. The standard InChI is InChI=1S/C27H43NO/c1-17-5-10-25(28-16-17)18(2)26(3)14-12-22-21-7-6-19-15-20(29)11-13-27(19,4)24(21)9-8-23(22)26/h6,8,17-18,20-22,24-25,28-29H,5,7,9-16H2,1-4H3/t17-,18+,20-,21-,22-,24-,25+,26-,27-/m0/s1. The summed E-state index contributed by atoms with van der Waals surface area (Å²) in [6.45, 7) is 11.3. The van der Waals surface area contributed by atoms with Crippen molar-refractivity contribution in [2.45, 2.75) is 97.6 Å². The molecule has 162 valence electrons. The highest BCUT2D eigenvalue weighted by Gasteiger charge is 2.55. The minimum Gasteiger partial charge on any atom is -0.393 e. The van der Waals surface area contributed by atoms with Gasteiger partial charge in [0.05, 0.1) is 6.10 Å². The van der Waals surface area contributed by atoms with E-state index in [1.54, 1.807) is 5.57 Å². The SMILES string of the molecule is C[C@H]1CC[C@H]([C@@H](C)[C@]2(C)CC[C@@H]3C2=CC[C@H]2[C@H]3CC=C3C[C@@H](O)CC[C@@]32C)NC1. The van der Waals surface area contributed by atoms with Crippen LogP contribution < -0.4 is 5.32 Å². The van der Waals surface area contributed by atoms with E-state index in [1.807, 2.05) is 5.57 Å². The molecule has 9 atom stereocenters. The van der Waals surface area contributed by atoms with Crippen LogP contribution in [0, 0.1) is 40.4 Å². The molecule has 0 radical (unpaired) electrons. The van der Waals surface area contributed by atoms with Crippen LogP contribution in [-0.2, 0) is 0 Å². The maximum absolute atomic E-state index is 10.2. The van der Waals surface area contributed by atoms with E-state index in [9.17, 15) is 5.11 Å². The molecule has 0 amide bonds. The molecule has 1 saturated heterocycles. The quantitative estimate of drug-likeness (QED) is 0.571. The molecule has 2 nitrogen and oxygen atoms in total. The summed E-state index contributed by atoms with van der Waals surface area (Å²) in [6, 6.07) is 0.698. The molecular formula is C27H43NO. The molecule has 5 aliphatic rings. The van der Waals surface area contributed by atoms with Crippen LogP contribution in [0.3, 0.4) is 0 Å². The average Bonchev–Trinajstić information content (AvgIpc) is 3.07. The molecule has 0 unspecified atom stereocenters. The molecular weight excluding hydrogens is 354 g/mol. The lowest BCUT2D eigenvalue weighted by molar-refractivity contribution is 0.0347. The van der Waals surface area contributed by atoms with E-state index in [4.69, 9.17) is 0 Å². The van der Waals surface area contributed by atoms with Crippen LogP contribution in [0.15, 0.2) is 23.3 Å². The normalized spacial score (nSPS) is 50.7. The van der Waals surface area contributed by atoms with E-state index < -0.39 is 0 Å². The van der Waals surface area contributed by atoms with E-state index >= 15 is 0 Å². The van der Waals surface area contributed by atoms with E-state index in [0.717, 1.165) is 42.4 Å². The van der Waals surface area contributed by atoms with Gasteiger partial charge in [0.15, 0.2) is 0 Å². The summed E-state index contributed by atoms with van der Waals surface area (Å²) in [5, 5.41) is 14.1. The zero-order valence-corrected chi connectivity index (χ0v) is 19.2. The van der Waals surface area contributed by atoms with Crippen molar-refractivity contribution in [3.8, 4) is 0 Å². The van der Waals surface area contributed by atoms with E-state index in [2.05, 4.69) is 45.2 Å². The van der Waals surface area contributed by atoms with Gasteiger partial charge in [-0.05, 0) is 105 Å². The highest BCUT2D eigenvalue weighted by Crippen LogP contribution is 2.64. The Labute approximate surface area is 178 Å². The average molecular weight is 398 g/mol. The third kappa shape index (κ3) is 3.11. The summed E-state index contributed by atoms with van der Waals surface area (Å²) in [5.41, 5.74) is 4.16. The number of allylic oxidation sites excluding steroid dienone is 3. The van der Waals surface area contributed by atoms with Crippen molar-refractivity contribution in [2.24, 2.45) is 40.4 Å². The molecule has 0 aromatic heterocycles. The maximum Gasteiger partial charge on any atom is 0.0577 e. The number of hydrogen-bond donors (Lipinski definition) is 2. The third-order valence-electron chi connectivity index (χ3n) is 10.6. The summed E-state index contributed by atoms with van der Waals surface area (Å²) in [5.74, 6) is 4.03. The fraction of sp³-hybridized carbons (Fsp3) is 0.852. The summed E-state index contributed by atoms with van der Waals surface area (Å²) < 4.78 is 0. The predicted octanol–water partition coefficient (Wildman–Crippen LogP) is 5.87. The van der Waals surface area contributed by atoms with Gasteiger partial charge < -0.3 is 10.4 Å². The zero-order chi connectivity index (χ0) is 20.4. The molecule has 1 aliphatic heterocycles. The summed E-state index contributed by atoms with van der Waals surface area (Å²) in [6.07, 6.45) is 16.4. The van der Waals surface area contributed by atoms with E-state index in [1.165, 1.54) is 51.5 Å². The van der Waals surface area contributed by atoms with Crippen molar-refractivity contribution < 1.29 is 5.11 Å². The van der Waals surface area contributed by atoms with Crippen molar-refractivity contribution in [3.63, 3.8) is 0 Å². The Kier molecular flexibility index (Phi) is 5.06. The Hall–Kier alpha value is -0.600. The van der Waals surface area contributed by atoms with Crippen LogP contribution in [0.1, 0.15) is 85.5 Å². The van der Waals surface area contributed by atoms with E-state index in [0.29, 0.717) is 16.9 Å². The predicted molar refractivity (Wildman–Crippen MR) is 121 cm³/mol. The number of fused-ring (bicyclic) bond motifs is 5. The maximum atomic E-state index is 10.2. The highest BCUT2D eigenvalue weighted by atomic mass is 16.3. The fourth-order valence-corrected chi connectivity index (χ4v) is 8.39. The van der Waals surface area contributed by atoms with Crippen molar-refractivity contribution in [3.05, 3.63) is 23.3 Å². The van der Waals surface area contributed by atoms with Crippen molar-refractivity contribution >= 4 is 0 Å². The Morgan fingerprint density at radius 3 is 2.66 bits per heavy atom. The summed E-state index contributed by atoms with van der Waals surface area (Å²) in [7, 11) is 0. The minimum absolute atomic E-state index is 0.0955. The van der Waals surface area contributed by atoms with Gasteiger partial charge in [0, 0.05) is 6.04 Å². The number of rotatable bonds is 2. The minimum atomic E-state index is -0.0955. The molecule has 5 rings (SSSR count). The van der Waals surface area contributed by atoms with Crippen LogP contribution in [0.2, 0.25) is 0 Å². The molecule has 1 heterocycles. The first-order valence-corrected chi connectivity index (χ1v) is 12.6. The van der Waals surface area contributed by atoms with Crippen molar-refractivity contribution in [1.29, 1.82) is 0 Å². The van der Waals surface area contributed by atoms with Crippen LogP contribution in [-0.4, -0.2) is 23.8 Å². The lowest BCUT2D eigenvalue weighted by Crippen LogP contribution is -2.48. The zero-order valence-electron chi connectivity index (χ0n) is 19.2. The Morgan fingerprint density at radius 1 is 1.07 bits per heavy atom. The molecule has 2 N–H and O–H groups in total. The second-order valence-electron chi connectivity index (χ2n) is 12.0. The van der Waals surface area contributed by atoms with Gasteiger partial charge in [0.25, 0.3) is 0 Å². The van der Waals surface area contributed by atoms with Crippen LogP contribution in [0.4, 0.5) is 0 Å². The first kappa shape index (κ1) is 20.3. The van der Waals surface area contributed by atoms with Gasteiger partial charge in [-0.2, -0.15) is 0 Å². The highest BCUT2D eigenvalue weighted by molar-refractivity contribution is 5.33. The Balaban J connectivity index is 1.39. The second kappa shape index (κ2) is 7.23. The fourth-order valence-electron chi connectivity index (χ4n) is 8.39. The Bertz CT molecular complexity index is 701. The number of aliphatic hydroxyl groups excluding tert-OH is 1. The lowest BCUT2D eigenvalue weighted by Gasteiger charge is -2.54. The number of piperidine rings is 1. The molecule has 2 heteroatoms. The largest absolute Gasteiger partial charge is 0.393 e. The Morgan fingerprint density at radius 2 is 1.90 bits per heavy atom. The topological polar surface area (TPSA) is 32.3 Å². The van der Waals surface area contributed by atoms with Gasteiger partial charge >= 0.3 is 0 Å². The number of aliphatic hydroxyl groups is 1. The van der Waals surface area contributed by atoms with Crippen LogP contribution in [0.5, 0.6) is 0 Å². The molecule has 4 aliphatic carbocycles. The molecule has 0 spiro atoms. The summed E-state index contributed by atoms with van der Waals surface area (Å²) >= 11 is 0. The molecule has 0 aromatic rings. The molecule has 0 aromatic carbocycles. The molecule has 2 saturated carbocycles. The van der Waals surface area contributed by atoms with Crippen LogP contribution >= 0.6 is 0 Å². The lowest BCUT2D eigenvalue weighted by atomic mass is 9.51. The van der Waals surface area contributed by atoms with Crippen LogP contribution in [0.25, 0.3) is 0 Å². The van der Waals surface area contributed by atoms with Crippen molar-refractivity contribution in [1.82, 2.24) is 5.32 Å². The summed E-state index contributed by atoms with van der Waals surface area (Å²) in [4.78, 5) is 0. The molecule has 0 bridgehead atoms. The van der Waals surface area contributed by atoms with Gasteiger partial charge in [-0.25, -0.2) is 0 Å². The van der Waals surface area contributed by atoms with E-state index in [-0.39, 0.29) is 6.10 Å². The smallest absolute Gasteiger partial charge is 0.0577 e. The van der Waals surface area contributed by atoms with Gasteiger partial charge in [-0.15, -0.1) is 0 Å². The van der Waals surface area contributed by atoms with Gasteiger partial charge in [0.2, 0.25) is 0 Å². The number of nitrogens with one attached hydrogen (secondary N) is 1. The van der Waals surface area contributed by atoms with Gasteiger partial charge in [-0.3, -0.25) is 0 Å².